The minimum Gasteiger partial charge on any atom is -0.356 e. The number of pyridine rings is 1. The van der Waals surface area contributed by atoms with Crippen LogP contribution >= 0.6 is 0 Å². The number of aromatic nitrogens is 4. The summed E-state index contributed by atoms with van der Waals surface area (Å²) in [4.78, 5) is 18.8. The molecule has 1 fully saturated rings. The number of nitrogens with two attached hydrogens (primary N) is 1. The highest BCUT2D eigenvalue weighted by molar-refractivity contribution is 6.10. The first-order valence-electron chi connectivity index (χ1n) is 7.38. The summed E-state index contributed by atoms with van der Waals surface area (Å²) in [6.07, 6.45) is 7.65. The van der Waals surface area contributed by atoms with E-state index in [9.17, 15) is 0 Å². The summed E-state index contributed by atoms with van der Waals surface area (Å²) in [5.74, 6) is 1.56. The van der Waals surface area contributed by atoms with E-state index in [-0.39, 0.29) is 0 Å². The number of hydrogen-bond donors (Lipinski definition) is 2. The van der Waals surface area contributed by atoms with Crippen LogP contribution in [0.4, 0.5) is 5.82 Å². The molecule has 0 amide bonds. The second-order valence-electron chi connectivity index (χ2n) is 5.66. The van der Waals surface area contributed by atoms with Crippen LogP contribution in [0, 0.1) is 5.92 Å². The molecule has 6 heteroatoms. The van der Waals surface area contributed by atoms with Crippen molar-refractivity contribution in [3.8, 4) is 0 Å². The van der Waals surface area contributed by atoms with E-state index < -0.39 is 0 Å². The lowest BCUT2D eigenvalue weighted by atomic mass is 9.98. The zero-order valence-corrected chi connectivity index (χ0v) is 11.8. The normalized spacial score (nSPS) is 19.5. The van der Waals surface area contributed by atoms with Crippen LogP contribution in [0.25, 0.3) is 21.9 Å². The van der Waals surface area contributed by atoms with Crippen molar-refractivity contribution in [2.45, 2.75) is 12.8 Å². The lowest BCUT2D eigenvalue weighted by Crippen LogP contribution is -2.38. The number of piperidine rings is 1. The Balaban J connectivity index is 1.88. The molecule has 3 N–H and O–H groups in total. The fourth-order valence-corrected chi connectivity index (χ4v) is 3.25. The fraction of sp³-hybridized carbons (Fsp3) is 0.400. The number of hydrogen-bond acceptors (Lipinski definition) is 5. The van der Waals surface area contributed by atoms with Crippen molar-refractivity contribution < 1.29 is 0 Å². The molecule has 1 unspecified atom stereocenters. The number of fused-ring (bicyclic) bond motifs is 3. The number of aromatic amines is 1. The van der Waals surface area contributed by atoms with E-state index in [2.05, 4.69) is 24.8 Å². The fourth-order valence-electron chi connectivity index (χ4n) is 3.25. The molecule has 0 radical (unpaired) electrons. The third-order valence-corrected chi connectivity index (χ3v) is 4.32. The summed E-state index contributed by atoms with van der Waals surface area (Å²) in [6, 6.07) is 2.02. The predicted octanol–water partition coefficient (Wildman–Crippen LogP) is 1.68. The Hall–Kier alpha value is -2.21. The Morgan fingerprint density at radius 2 is 2.33 bits per heavy atom. The van der Waals surface area contributed by atoms with E-state index in [1.54, 1.807) is 6.33 Å². The van der Waals surface area contributed by atoms with Gasteiger partial charge in [0.2, 0.25) is 0 Å². The van der Waals surface area contributed by atoms with E-state index in [0.29, 0.717) is 5.92 Å². The first-order chi connectivity index (χ1) is 10.4. The van der Waals surface area contributed by atoms with Gasteiger partial charge in [0.15, 0.2) is 0 Å². The Kier molecular flexibility index (Phi) is 2.96. The van der Waals surface area contributed by atoms with Crippen LogP contribution in [0.1, 0.15) is 12.8 Å². The van der Waals surface area contributed by atoms with Gasteiger partial charge < -0.3 is 15.6 Å². The first-order valence-corrected chi connectivity index (χ1v) is 7.38. The largest absolute Gasteiger partial charge is 0.356 e. The van der Waals surface area contributed by atoms with Crippen LogP contribution in [0.15, 0.2) is 24.8 Å². The van der Waals surface area contributed by atoms with Gasteiger partial charge in [0.05, 0.1) is 17.1 Å². The van der Waals surface area contributed by atoms with Gasteiger partial charge in [0, 0.05) is 24.7 Å². The molecule has 0 bridgehead atoms. The molecule has 3 aromatic rings. The average molecular weight is 282 g/mol. The van der Waals surface area contributed by atoms with Gasteiger partial charge in [-0.05, 0) is 31.4 Å². The molecule has 1 saturated heterocycles. The maximum Gasteiger partial charge on any atom is 0.143 e. The van der Waals surface area contributed by atoms with E-state index >= 15 is 0 Å². The molecule has 3 aromatic heterocycles. The lowest BCUT2D eigenvalue weighted by Gasteiger charge is -2.33. The summed E-state index contributed by atoms with van der Waals surface area (Å²) >= 11 is 0. The quantitative estimate of drug-likeness (QED) is 0.747. The molecule has 1 atom stereocenters. The number of H-pyrrole nitrogens is 1. The highest BCUT2D eigenvalue weighted by Crippen LogP contribution is 2.32. The molecule has 0 aliphatic carbocycles. The second-order valence-corrected chi connectivity index (χ2v) is 5.66. The highest BCUT2D eigenvalue weighted by atomic mass is 15.2. The monoisotopic (exact) mass is 282 g/mol. The molecular weight excluding hydrogens is 264 g/mol. The van der Waals surface area contributed by atoms with Crippen molar-refractivity contribution in [1.82, 2.24) is 19.9 Å². The van der Waals surface area contributed by atoms with Crippen molar-refractivity contribution in [3.05, 3.63) is 24.8 Å². The minimum atomic E-state index is 0.552. The van der Waals surface area contributed by atoms with Gasteiger partial charge in [-0.25, -0.2) is 9.97 Å². The van der Waals surface area contributed by atoms with Gasteiger partial charge in [-0.15, -0.1) is 0 Å². The first kappa shape index (κ1) is 12.5. The van der Waals surface area contributed by atoms with Crippen molar-refractivity contribution in [3.63, 3.8) is 0 Å². The van der Waals surface area contributed by atoms with Crippen molar-refractivity contribution >= 4 is 27.8 Å². The van der Waals surface area contributed by atoms with Gasteiger partial charge in [-0.2, -0.15) is 0 Å². The van der Waals surface area contributed by atoms with Crippen LogP contribution in [0.3, 0.4) is 0 Å². The topological polar surface area (TPSA) is 83.7 Å². The number of nitrogens with zero attached hydrogens (tertiary/aromatic N) is 4. The zero-order chi connectivity index (χ0) is 14.2. The Bertz CT molecular complexity index is 780. The summed E-state index contributed by atoms with van der Waals surface area (Å²) in [7, 11) is 0. The third kappa shape index (κ3) is 2.03. The van der Waals surface area contributed by atoms with Gasteiger partial charge in [0.1, 0.15) is 17.8 Å². The Labute approximate surface area is 122 Å². The molecule has 0 saturated carbocycles. The highest BCUT2D eigenvalue weighted by Gasteiger charge is 2.23. The summed E-state index contributed by atoms with van der Waals surface area (Å²) in [5.41, 5.74) is 7.73. The average Bonchev–Trinajstić information content (AvgIpc) is 2.93. The maximum atomic E-state index is 5.85. The predicted molar refractivity (Wildman–Crippen MR) is 83.2 cm³/mol. The summed E-state index contributed by atoms with van der Waals surface area (Å²) in [5, 5.41) is 2.22. The van der Waals surface area contributed by atoms with Crippen LogP contribution in [-0.4, -0.2) is 39.6 Å². The minimum absolute atomic E-state index is 0.552. The summed E-state index contributed by atoms with van der Waals surface area (Å²) in [6.45, 7) is 2.74. The number of nitrogens with one attached hydrogen (secondary N) is 1. The molecule has 4 heterocycles. The molecule has 108 valence electrons. The molecule has 6 nitrogen and oxygen atoms in total. The molecule has 4 rings (SSSR count). The standard InChI is InChI=1S/C15H18N6/c16-6-10-2-1-5-21(8-10)15-13-11-3-4-17-7-12(11)20-14(13)18-9-19-15/h3-4,7,9-10H,1-2,5-6,8,16H2,(H,18,19,20). The molecular formula is C15H18N6. The van der Waals surface area contributed by atoms with Crippen LogP contribution < -0.4 is 10.6 Å². The van der Waals surface area contributed by atoms with Crippen molar-refractivity contribution in [1.29, 1.82) is 0 Å². The second kappa shape index (κ2) is 4.96. The SMILES string of the molecule is NCC1CCCN(c2ncnc3[nH]c4cnccc4c23)C1. The van der Waals surface area contributed by atoms with E-state index in [1.807, 2.05) is 18.5 Å². The Morgan fingerprint density at radius 3 is 3.24 bits per heavy atom. The van der Waals surface area contributed by atoms with Gasteiger partial charge >= 0.3 is 0 Å². The lowest BCUT2D eigenvalue weighted by molar-refractivity contribution is 0.422. The number of anilines is 1. The molecule has 0 spiro atoms. The van der Waals surface area contributed by atoms with Crippen LogP contribution in [-0.2, 0) is 0 Å². The molecule has 1 aliphatic rings. The van der Waals surface area contributed by atoms with E-state index in [1.165, 1.54) is 6.42 Å². The number of rotatable bonds is 2. The van der Waals surface area contributed by atoms with Crippen LogP contribution in [0.5, 0.6) is 0 Å². The maximum absolute atomic E-state index is 5.85. The zero-order valence-electron chi connectivity index (χ0n) is 11.8. The van der Waals surface area contributed by atoms with Crippen molar-refractivity contribution in [2.24, 2.45) is 11.7 Å². The van der Waals surface area contributed by atoms with Crippen LogP contribution in [0.2, 0.25) is 0 Å². The smallest absolute Gasteiger partial charge is 0.143 e. The van der Waals surface area contributed by atoms with Crippen molar-refractivity contribution in [2.75, 3.05) is 24.5 Å². The van der Waals surface area contributed by atoms with E-state index in [4.69, 9.17) is 5.73 Å². The summed E-state index contributed by atoms with van der Waals surface area (Å²) < 4.78 is 0. The molecule has 1 aliphatic heterocycles. The molecule has 21 heavy (non-hydrogen) atoms. The van der Waals surface area contributed by atoms with E-state index in [0.717, 1.165) is 53.8 Å². The third-order valence-electron chi connectivity index (χ3n) is 4.32. The molecule has 0 aromatic carbocycles. The van der Waals surface area contributed by atoms with Gasteiger partial charge in [-0.1, -0.05) is 0 Å². The van der Waals surface area contributed by atoms with Gasteiger partial charge in [-0.3, -0.25) is 4.98 Å². The van der Waals surface area contributed by atoms with Gasteiger partial charge in [0.25, 0.3) is 0 Å². The Morgan fingerprint density at radius 1 is 1.38 bits per heavy atom.